The molecule has 0 radical (unpaired) electrons. The van der Waals surface area contributed by atoms with E-state index in [9.17, 15) is 8.42 Å². The average molecular weight is 220 g/mol. The van der Waals surface area contributed by atoms with Crippen LogP contribution in [0.5, 0.6) is 0 Å². The van der Waals surface area contributed by atoms with Gasteiger partial charge in [0.15, 0.2) is 9.84 Å². The lowest BCUT2D eigenvalue weighted by Gasteiger charge is -2.03. The third-order valence-electron chi connectivity index (χ3n) is 1.52. The third kappa shape index (κ3) is 3.24. The van der Waals surface area contributed by atoms with Gasteiger partial charge < -0.3 is 5.73 Å². The fourth-order valence-electron chi connectivity index (χ4n) is 0.982. The van der Waals surface area contributed by atoms with E-state index in [0.717, 1.165) is 6.26 Å². The van der Waals surface area contributed by atoms with Crippen LogP contribution in [-0.4, -0.2) is 14.7 Å². The van der Waals surface area contributed by atoms with Crippen molar-refractivity contribution >= 4 is 27.1 Å². The molecule has 0 fully saturated rings. The molecule has 0 aliphatic heterocycles. The first kappa shape index (κ1) is 10.3. The van der Waals surface area contributed by atoms with Crippen molar-refractivity contribution in [3.63, 3.8) is 0 Å². The Balaban J connectivity index is 3.08. The molecule has 3 nitrogen and oxygen atoms in total. The Morgan fingerprint density at radius 1 is 1.46 bits per heavy atom. The minimum Gasteiger partial charge on any atom is -0.398 e. The van der Waals surface area contributed by atoms with Crippen molar-refractivity contribution in [2.45, 2.75) is 5.75 Å². The van der Waals surface area contributed by atoms with Gasteiger partial charge in [-0.2, -0.15) is 0 Å². The van der Waals surface area contributed by atoms with Crippen LogP contribution in [0, 0.1) is 0 Å². The Bertz CT molecular complexity index is 414. The van der Waals surface area contributed by atoms with Crippen LogP contribution in [0.4, 0.5) is 5.69 Å². The molecule has 72 valence electrons. The van der Waals surface area contributed by atoms with Crippen LogP contribution < -0.4 is 5.73 Å². The molecule has 0 aromatic heterocycles. The summed E-state index contributed by atoms with van der Waals surface area (Å²) in [6, 6.07) is 4.80. The molecule has 1 rings (SSSR count). The third-order valence-corrected chi connectivity index (χ3v) is 2.59. The highest BCUT2D eigenvalue weighted by atomic mass is 35.5. The Morgan fingerprint density at radius 3 is 2.62 bits per heavy atom. The topological polar surface area (TPSA) is 60.2 Å². The monoisotopic (exact) mass is 219 g/mol. The van der Waals surface area contributed by atoms with E-state index in [2.05, 4.69) is 0 Å². The molecule has 0 saturated carbocycles. The lowest BCUT2D eigenvalue weighted by Crippen LogP contribution is -2.03. The molecule has 2 N–H and O–H groups in total. The van der Waals surface area contributed by atoms with Crippen molar-refractivity contribution in [3.05, 3.63) is 28.8 Å². The van der Waals surface area contributed by atoms with Crippen LogP contribution in [0.1, 0.15) is 5.56 Å². The van der Waals surface area contributed by atoms with Crippen LogP contribution >= 0.6 is 11.6 Å². The van der Waals surface area contributed by atoms with Gasteiger partial charge >= 0.3 is 0 Å². The minimum absolute atomic E-state index is 0.0700. The van der Waals surface area contributed by atoms with Gasteiger partial charge in [0.05, 0.1) is 5.75 Å². The fourth-order valence-corrected chi connectivity index (χ4v) is 1.99. The summed E-state index contributed by atoms with van der Waals surface area (Å²) in [6.45, 7) is 0. The Labute approximate surface area is 82.4 Å². The SMILES string of the molecule is CS(=O)(=O)Cc1cc(Cl)ccc1N. The van der Waals surface area contributed by atoms with E-state index in [1.807, 2.05) is 0 Å². The molecule has 5 heteroatoms. The van der Waals surface area contributed by atoms with Gasteiger partial charge in [-0.25, -0.2) is 8.42 Å². The van der Waals surface area contributed by atoms with E-state index in [1.165, 1.54) is 0 Å². The van der Waals surface area contributed by atoms with E-state index >= 15 is 0 Å². The molecule has 1 aromatic rings. The number of nitrogens with two attached hydrogens (primary N) is 1. The quantitative estimate of drug-likeness (QED) is 0.767. The van der Waals surface area contributed by atoms with Crippen LogP contribution in [0.2, 0.25) is 5.02 Å². The molecule has 0 aliphatic rings. The second-order valence-electron chi connectivity index (χ2n) is 2.91. The van der Waals surface area contributed by atoms with Gasteiger partial charge in [-0.1, -0.05) is 11.6 Å². The van der Waals surface area contributed by atoms with E-state index in [1.54, 1.807) is 18.2 Å². The molecule has 0 amide bonds. The average Bonchev–Trinajstić information content (AvgIpc) is 1.94. The summed E-state index contributed by atoms with van der Waals surface area (Å²) in [7, 11) is -3.06. The molecule has 0 atom stereocenters. The molecule has 0 saturated heterocycles. The Hall–Kier alpha value is -0.740. The Kier molecular flexibility index (Phi) is 2.83. The fraction of sp³-hybridized carbons (Fsp3) is 0.250. The Morgan fingerprint density at radius 2 is 2.08 bits per heavy atom. The first-order valence-electron chi connectivity index (χ1n) is 3.60. The molecule has 0 aliphatic carbocycles. The minimum atomic E-state index is -3.06. The highest BCUT2D eigenvalue weighted by Gasteiger charge is 2.07. The van der Waals surface area contributed by atoms with Gasteiger partial charge in [-0.15, -0.1) is 0 Å². The number of rotatable bonds is 2. The normalized spacial score (nSPS) is 11.5. The van der Waals surface area contributed by atoms with Gasteiger partial charge in [0, 0.05) is 17.0 Å². The zero-order valence-corrected chi connectivity index (χ0v) is 8.69. The van der Waals surface area contributed by atoms with E-state index in [0.29, 0.717) is 16.3 Å². The second-order valence-corrected chi connectivity index (χ2v) is 5.49. The molecule has 0 spiro atoms. The summed E-state index contributed by atoms with van der Waals surface area (Å²) < 4.78 is 21.9. The maximum Gasteiger partial charge on any atom is 0.151 e. The summed E-state index contributed by atoms with van der Waals surface area (Å²) in [4.78, 5) is 0. The van der Waals surface area contributed by atoms with Gasteiger partial charge in [-0.05, 0) is 23.8 Å². The van der Waals surface area contributed by atoms with Gasteiger partial charge in [0.1, 0.15) is 0 Å². The predicted molar refractivity (Wildman–Crippen MR) is 54.4 cm³/mol. The molecular formula is C8H10ClNO2S. The first-order chi connectivity index (χ1) is 5.88. The summed E-state index contributed by atoms with van der Waals surface area (Å²) in [5.41, 5.74) is 6.58. The van der Waals surface area contributed by atoms with Crippen molar-refractivity contribution < 1.29 is 8.42 Å². The summed E-state index contributed by atoms with van der Waals surface area (Å²) in [6.07, 6.45) is 1.16. The largest absolute Gasteiger partial charge is 0.398 e. The molecule has 13 heavy (non-hydrogen) atoms. The summed E-state index contributed by atoms with van der Waals surface area (Å²) in [5, 5.41) is 0.493. The number of nitrogen functional groups attached to an aromatic ring is 1. The number of hydrogen-bond donors (Lipinski definition) is 1. The molecule has 0 unspecified atom stereocenters. The van der Waals surface area contributed by atoms with Crippen molar-refractivity contribution in [2.75, 3.05) is 12.0 Å². The highest BCUT2D eigenvalue weighted by molar-refractivity contribution is 7.89. The molecule has 1 aromatic carbocycles. The molecule has 0 heterocycles. The first-order valence-corrected chi connectivity index (χ1v) is 6.04. The molecule has 0 bridgehead atoms. The number of hydrogen-bond acceptors (Lipinski definition) is 3. The smallest absolute Gasteiger partial charge is 0.151 e. The molecular weight excluding hydrogens is 210 g/mol. The van der Waals surface area contributed by atoms with Crippen LogP contribution in [0.15, 0.2) is 18.2 Å². The van der Waals surface area contributed by atoms with Crippen molar-refractivity contribution in [1.82, 2.24) is 0 Å². The lowest BCUT2D eigenvalue weighted by atomic mass is 10.2. The van der Waals surface area contributed by atoms with Crippen LogP contribution in [0.3, 0.4) is 0 Å². The van der Waals surface area contributed by atoms with Crippen molar-refractivity contribution in [1.29, 1.82) is 0 Å². The maximum atomic E-state index is 11.0. The van der Waals surface area contributed by atoms with Crippen molar-refractivity contribution in [3.8, 4) is 0 Å². The zero-order chi connectivity index (χ0) is 10.1. The predicted octanol–water partition coefficient (Wildman–Crippen LogP) is 1.47. The van der Waals surface area contributed by atoms with Gasteiger partial charge in [0.2, 0.25) is 0 Å². The van der Waals surface area contributed by atoms with Crippen LogP contribution in [0.25, 0.3) is 0 Å². The van der Waals surface area contributed by atoms with E-state index < -0.39 is 9.84 Å². The standard InChI is InChI=1S/C8H10ClNO2S/c1-13(11,12)5-6-4-7(9)2-3-8(6)10/h2-4H,5,10H2,1H3. The maximum absolute atomic E-state index is 11.0. The van der Waals surface area contributed by atoms with Crippen LogP contribution in [-0.2, 0) is 15.6 Å². The van der Waals surface area contributed by atoms with E-state index in [4.69, 9.17) is 17.3 Å². The van der Waals surface area contributed by atoms with E-state index in [-0.39, 0.29) is 5.75 Å². The van der Waals surface area contributed by atoms with Gasteiger partial charge in [0.25, 0.3) is 0 Å². The van der Waals surface area contributed by atoms with Crippen molar-refractivity contribution in [2.24, 2.45) is 0 Å². The van der Waals surface area contributed by atoms with Gasteiger partial charge in [-0.3, -0.25) is 0 Å². The summed E-state index contributed by atoms with van der Waals surface area (Å²) in [5.74, 6) is -0.0700. The second kappa shape index (κ2) is 3.55. The summed E-state index contributed by atoms with van der Waals surface area (Å²) >= 11 is 5.70. The number of anilines is 1. The zero-order valence-electron chi connectivity index (χ0n) is 7.12. The lowest BCUT2D eigenvalue weighted by molar-refractivity contribution is 0.601. The number of halogens is 1. The number of sulfone groups is 1. The number of benzene rings is 1. The highest BCUT2D eigenvalue weighted by Crippen LogP contribution is 2.19.